The van der Waals surface area contributed by atoms with Crippen molar-refractivity contribution in [3.05, 3.63) is 78.1 Å². The van der Waals surface area contributed by atoms with Crippen LogP contribution in [0.25, 0.3) is 21.3 Å². The van der Waals surface area contributed by atoms with Crippen molar-refractivity contribution in [2.75, 3.05) is 11.2 Å². The number of thiazole rings is 1. The van der Waals surface area contributed by atoms with Crippen LogP contribution >= 0.6 is 23.1 Å². The molecule has 1 amide bonds. The molecule has 2 heterocycles. The fourth-order valence-electron chi connectivity index (χ4n) is 4.01. The van der Waals surface area contributed by atoms with E-state index in [2.05, 4.69) is 10.3 Å². The van der Waals surface area contributed by atoms with Crippen LogP contribution in [0.15, 0.2) is 66.7 Å². The second kappa shape index (κ2) is 9.44. The molecule has 184 valence electrons. The number of hydrogen-bond acceptors (Lipinski definition) is 7. The third kappa shape index (κ3) is 4.87. The molecule has 0 spiro atoms. The summed E-state index contributed by atoms with van der Waals surface area (Å²) in [7, 11) is 0. The molecular formula is C26H22FN3O4S2. The van der Waals surface area contributed by atoms with Gasteiger partial charge in [0.1, 0.15) is 5.82 Å². The van der Waals surface area contributed by atoms with Gasteiger partial charge in [0, 0.05) is 11.3 Å². The molecule has 1 aromatic heterocycles. The minimum Gasteiger partial charge on any atom is -0.450 e. The van der Waals surface area contributed by atoms with Gasteiger partial charge in [-0.1, -0.05) is 35.6 Å². The highest BCUT2D eigenvalue weighted by Gasteiger charge is 2.46. The van der Waals surface area contributed by atoms with Crippen LogP contribution in [0.5, 0.6) is 0 Å². The minimum atomic E-state index is -1.40. The lowest BCUT2D eigenvalue weighted by Crippen LogP contribution is -2.46. The molecule has 7 nitrogen and oxygen atoms in total. The summed E-state index contributed by atoms with van der Waals surface area (Å²) in [5, 5.41) is 13.0. The third-order valence-electron chi connectivity index (χ3n) is 5.88. The zero-order valence-corrected chi connectivity index (χ0v) is 21.0. The Bertz CT molecular complexity index is 1440. The number of ether oxygens (including phenoxy) is 1. The number of aromatic nitrogens is 1. The Balaban J connectivity index is 1.28. The quantitative estimate of drug-likeness (QED) is 0.278. The van der Waals surface area contributed by atoms with Crippen molar-refractivity contribution in [3.63, 3.8) is 0 Å². The Kier molecular flexibility index (Phi) is 6.31. The zero-order valence-electron chi connectivity index (χ0n) is 19.4. The molecule has 1 atom stereocenters. The number of fused-ring (bicyclic) bond motifs is 1. The standard InChI is InChI=1S/C26H22FN3O4S2/c1-26(2)23(34-25(32)33)30(14-35-26)22(31)17-5-3-15(4-6-17)16-7-10-19(11-8-16)28-24-29-20-12-9-18(27)13-21(20)36-24/h3-13,23H,14H2,1-2H3,(H,28,29)(H,32,33)/t23-/m1/s1. The highest BCUT2D eigenvalue weighted by atomic mass is 32.2. The highest BCUT2D eigenvalue weighted by Crippen LogP contribution is 2.40. The number of carbonyl (C=O) groups is 2. The number of amides is 1. The second-order valence-corrected chi connectivity index (χ2v) is 11.4. The number of nitrogens with zero attached hydrogens (tertiary/aromatic N) is 2. The SMILES string of the molecule is CC1(C)SCN(C(=O)c2ccc(-c3ccc(Nc4nc5ccc(F)cc5s4)cc3)cc2)[C@@H]1OC(=O)O. The monoisotopic (exact) mass is 523 g/mol. The van der Waals surface area contributed by atoms with Gasteiger partial charge in [-0.15, -0.1) is 11.8 Å². The van der Waals surface area contributed by atoms with E-state index in [1.165, 1.54) is 40.1 Å². The summed E-state index contributed by atoms with van der Waals surface area (Å²) in [5.74, 6) is -0.212. The van der Waals surface area contributed by atoms with Crippen molar-refractivity contribution in [1.82, 2.24) is 9.88 Å². The van der Waals surface area contributed by atoms with Crippen LogP contribution in [0, 0.1) is 5.82 Å². The molecule has 2 N–H and O–H groups in total. The van der Waals surface area contributed by atoms with Gasteiger partial charge in [0.2, 0.25) is 0 Å². The van der Waals surface area contributed by atoms with Gasteiger partial charge in [-0.3, -0.25) is 9.69 Å². The topological polar surface area (TPSA) is 91.8 Å². The summed E-state index contributed by atoms with van der Waals surface area (Å²) in [5.41, 5.74) is 3.95. The second-order valence-electron chi connectivity index (χ2n) is 8.80. The molecule has 10 heteroatoms. The lowest BCUT2D eigenvalue weighted by molar-refractivity contribution is -0.0246. The van der Waals surface area contributed by atoms with Crippen LogP contribution in [-0.4, -0.2) is 43.9 Å². The van der Waals surface area contributed by atoms with Gasteiger partial charge < -0.3 is 15.2 Å². The number of hydrogen-bond donors (Lipinski definition) is 2. The smallest absolute Gasteiger partial charge is 0.450 e. The number of carboxylic acid groups (broad SMARTS) is 1. The average Bonchev–Trinajstić information content (AvgIpc) is 3.38. The number of halogens is 1. The molecule has 3 aromatic carbocycles. The summed E-state index contributed by atoms with van der Waals surface area (Å²) in [6.45, 7) is 3.72. The fraction of sp³-hybridized carbons (Fsp3) is 0.192. The first-order chi connectivity index (χ1) is 17.2. The lowest BCUT2D eigenvalue weighted by atomic mass is 10.0. The van der Waals surface area contributed by atoms with E-state index in [1.807, 2.05) is 50.2 Å². The lowest BCUT2D eigenvalue weighted by Gasteiger charge is -2.29. The van der Waals surface area contributed by atoms with E-state index in [-0.39, 0.29) is 11.7 Å². The molecule has 5 rings (SSSR count). The number of nitrogens with one attached hydrogen (secondary N) is 1. The highest BCUT2D eigenvalue weighted by molar-refractivity contribution is 8.00. The maximum Gasteiger partial charge on any atom is 0.507 e. The van der Waals surface area contributed by atoms with E-state index >= 15 is 0 Å². The molecule has 1 saturated heterocycles. The van der Waals surface area contributed by atoms with E-state index in [1.54, 1.807) is 18.2 Å². The summed E-state index contributed by atoms with van der Waals surface area (Å²) in [6.07, 6.45) is -2.26. The summed E-state index contributed by atoms with van der Waals surface area (Å²) in [6, 6.07) is 19.5. The number of benzene rings is 3. The van der Waals surface area contributed by atoms with Gasteiger partial charge >= 0.3 is 6.16 Å². The van der Waals surface area contributed by atoms with Gasteiger partial charge in [-0.2, -0.15) is 0 Å². The molecule has 0 unspecified atom stereocenters. The van der Waals surface area contributed by atoms with Crippen LogP contribution in [-0.2, 0) is 4.74 Å². The van der Waals surface area contributed by atoms with Crippen molar-refractivity contribution < 1.29 is 23.8 Å². The molecule has 0 bridgehead atoms. The maximum atomic E-state index is 13.4. The summed E-state index contributed by atoms with van der Waals surface area (Å²) in [4.78, 5) is 30.1. The van der Waals surface area contributed by atoms with E-state index in [9.17, 15) is 14.0 Å². The van der Waals surface area contributed by atoms with E-state index in [0.29, 0.717) is 16.6 Å². The predicted molar refractivity (Wildman–Crippen MR) is 140 cm³/mol. The van der Waals surface area contributed by atoms with E-state index in [0.717, 1.165) is 27.0 Å². The first-order valence-electron chi connectivity index (χ1n) is 11.1. The Morgan fingerprint density at radius 1 is 1.08 bits per heavy atom. The van der Waals surface area contributed by atoms with Crippen molar-refractivity contribution >= 4 is 56.2 Å². The number of rotatable bonds is 5. The van der Waals surface area contributed by atoms with Crippen molar-refractivity contribution in [2.45, 2.75) is 24.8 Å². The van der Waals surface area contributed by atoms with Crippen LogP contribution in [0.3, 0.4) is 0 Å². The van der Waals surface area contributed by atoms with Gasteiger partial charge in [-0.05, 0) is 67.4 Å². The number of anilines is 2. The molecule has 0 saturated carbocycles. The van der Waals surface area contributed by atoms with Crippen molar-refractivity contribution in [2.24, 2.45) is 0 Å². The molecule has 0 aliphatic carbocycles. The Hall–Kier alpha value is -3.63. The average molecular weight is 524 g/mol. The zero-order chi connectivity index (χ0) is 25.4. The van der Waals surface area contributed by atoms with Gasteiger partial charge in [-0.25, -0.2) is 14.2 Å². The molecule has 1 fully saturated rings. The van der Waals surface area contributed by atoms with Crippen molar-refractivity contribution in [3.8, 4) is 11.1 Å². The fourth-order valence-corrected chi connectivity index (χ4v) is 5.96. The molecule has 4 aromatic rings. The van der Waals surface area contributed by atoms with Gasteiger partial charge in [0.25, 0.3) is 5.91 Å². The molecule has 0 radical (unpaired) electrons. The summed E-state index contributed by atoms with van der Waals surface area (Å²) < 4.78 is 18.7. The van der Waals surface area contributed by atoms with Gasteiger partial charge in [0.15, 0.2) is 11.4 Å². The van der Waals surface area contributed by atoms with Gasteiger partial charge in [0.05, 0.1) is 20.8 Å². The number of carbonyl (C=O) groups excluding carboxylic acids is 1. The third-order valence-corrected chi connectivity index (χ3v) is 8.17. The normalized spacial score (nSPS) is 16.8. The Morgan fingerprint density at radius 2 is 1.75 bits per heavy atom. The van der Waals surface area contributed by atoms with Crippen molar-refractivity contribution in [1.29, 1.82) is 0 Å². The minimum absolute atomic E-state index is 0.277. The van der Waals surface area contributed by atoms with Crippen LogP contribution in [0.4, 0.5) is 20.0 Å². The van der Waals surface area contributed by atoms with Crippen LogP contribution in [0.1, 0.15) is 24.2 Å². The number of thioether (sulfide) groups is 1. The maximum absolute atomic E-state index is 13.4. The predicted octanol–water partition coefficient (Wildman–Crippen LogP) is 6.79. The molecule has 36 heavy (non-hydrogen) atoms. The molecular weight excluding hydrogens is 501 g/mol. The Labute approximate surface area is 214 Å². The summed E-state index contributed by atoms with van der Waals surface area (Å²) >= 11 is 2.86. The van der Waals surface area contributed by atoms with Crippen LogP contribution < -0.4 is 5.32 Å². The van der Waals surface area contributed by atoms with Crippen LogP contribution in [0.2, 0.25) is 0 Å². The molecule has 1 aliphatic heterocycles. The Morgan fingerprint density at radius 3 is 2.42 bits per heavy atom. The first-order valence-corrected chi connectivity index (χ1v) is 12.9. The van der Waals surface area contributed by atoms with E-state index in [4.69, 9.17) is 9.84 Å². The first kappa shape index (κ1) is 24.1. The molecule has 1 aliphatic rings. The van der Waals surface area contributed by atoms with E-state index < -0.39 is 17.1 Å². The largest absolute Gasteiger partial charge is 0.507 e.